The highest BCUT2D eigenvalue weighted by Crippen LogP contribution is 2.14. The fourth-order valence-electron chi connectivity index (χ4n) is 0.739. The number of benzene rings is 1. The van der Waals surface area contributed by atoms with Crippen LogP contribution >= 0.6 is 0 Å². The van der Waals surface area contributed by atoms with E-state index in [1.165, 1.54) is 7.11 Å². The zero-order chi connectivity index (χ0) is 8.97. The summed E-state index contributed by atoms with van der Waals surface area (Å²) in [4.78, 5) is 0. The smallest absolute Gasteiger partial charge is 0.188 e. The minimum atomic E-state index is -0.666. The zero-order valence-corrected chi connectivity index (χ0v) is 6.51. The van der Waals surface area contributed by atoms with E-state index in [0.717, 1.165) is 18.2 Å². The maximum absolute atomic E-state index is 12.5. The van der Waals surface area contributed by atoms with E-state index in [4.69, 9.17) is 4.74 Å². The summed E-state index contributed by atoms with van der Waals surface area (Å²) >= 11 is 0. The van der Waals surface area contributed by atoms with Gasteiger partial charge in [0.1, 0.15) is 17.4 Å². The summed E-state index contributed by atoms with van der Waals surface area (Å²) in [7, 11) is 1.43. The van der Waals surface area contributed by atoms with Crippen molar-refractivity contribution in [2.45, 2.75) is 0 Å². The number of ether oxygens (including phenoxy) is 2. The van der Waals surface area contributed by atoms with Crippen molar-refractivity contribution < 1.29 is 18.3 Å². The van der Waals surface area contributed by atoms with Crippen molar-refractivity contribution in [2.75, 3.05) is 13.9 Å². The SMILES string of the molecule is COCOc1cc(F)cc(F)c1. The van der Waals surface area contributed by atoms with Crippen molar-refractivity contribution in [3.8, 4) is 5.75 Å². The molecule has 0 heterocycles. The molecular formula is C8H8F2O2. The van der Waals surface area contributed by atoms with Crippen LogP contribution in [-0.4, -0.2) is 13.9 Å². The van der Waals surface area contributed by atoms with Crippen LogP contribution in [0.15, 0.2) is 18.2 Å². The number of hydrogen-bond donors (Lipinski definition) is 0. The molecule has 0 N–H and O–H groups in total. The van der Waals surface area contributed by atoms with E-state index < -0.39 is 11.6 Å². The third-order valence-electron chi connectivity index (χ3n) is 1.18. The van der Waals surface area contributed by atoms with E-state index in [9.17, 15) is 8.78 Å². The lowest BCUT2D eigenvalue weighted by molar-refractivity contribution is 0.0507. The molecule has 0 aliphatic carbocycles. The summed E-state index contributed by atoms with van der Waals surface area (Å²) < 4.78 is 34.4. The topological polar surface area (TPSA) is 18.5 Å². The average Bonchev–Trinajstić information content (AvgIpc) is 1.99. The number of halogens is 2. The molecule has 0 aliphatic heterocycles. The normalized spacial score (nSPS) is 9.92. The van der Waals surface area contributed by atoms with Crippen LogP contribution in [0.25, 0.3) is 0 Å². The number of hydrogen-bond acceptors (Lipinski definition) is 2. The predicted molar refractivity (Wildman–Crippen MR) is 38.9 cm³/mol. The van der Waals surface area contributed by atoms with E-state index in [-0.39, 0.29) is 12.5 Å². The lowest BCUT2D eigenvalue weighted by Crippen LogP contribution is -1.99. The Morgan fingerprint density at radius 2 is 1.75 bits per heavy atom. The van der Waals surface area contributed by atoms with Crippen LogP contribution in [0.3, 0.4) is 0 Å². The zero-order valence-electron chi connectivity index (χ0n) is 6.51. The molecule has 0 aromatic heterocycles. The third-order valence-corrected chi connectivity index (χ3v) is 1.18. The minimum absolute atomic E-state index is 0.0249. The van der Waals surface area contributed by atoms with E-state index in [1.807, 2.05) is 0 Å². The van der Waals surface area contributed by atoms with Gasteiger partial charge in [-0.25, -0.2) is 8.78 Å². The summed E-state index contributed by atoms with van der Waals surface area (Å²) in [6.45, 7) is -0.0249. The van der Waals surface area contributed by atoms with Crippen LogP contribution in [0.4, 0.5) is 8.78 Å². The highest BCUT2D eigenvalue weighted by molar-refractivity contribution is 5.23. The summed E-state index contributed by atoms with van der Waals surface area (Å²) in [5, 5.41) is 0. The molecule has 0 amide bonds. The second-order valence-corrected chi connectivity index (χ2v) is 2.16. The largest absolute Gasteiger partial charge is 0.467 e. The summed E-state index contributed by atoms with van der Waals surface area (Å²) in [6.07, 6.45) is 0. The fraction of sp³-hybridized carbons (Fsp3) is 0.250. The summed E-state index contributed by atoms with van der Waals surface area (Å²) in [5.74, 6) is -1.21. The van der Waals surface area contributed by atoms with Gasteiger partial charge in [-0.05, 0) is 0 Å². The first-order valence-corrected chi connectivity index (χ1v) is 3.30. The molecule has 0 saturated heterocycles. The molecule has 0 atom stereocenters. The first-order valence-electron chi connectivity index (χ1n) is 3.30. The van der Waals surface area contributed by atoms with Crippen LogP contribution in [0.2, 0.25) is 0 Å². The molecule has 0 fully saturated rings. The lowest BCUT2D eigenvalue weighted by atomic mass is 10.3. The van der Waals surface area contributed by atoms with Gasteiger partial charge in [-0.15, -0.1) is 0 Å². The highest BCUT2D eigenvalue weighted by atomic mass is 19.1. The first-order chi connectivity index (χ1) is 5.72. The maximum atomic E-state index is 12.5. The van der Waals surface area contributed by atoms with Gasteiger partial charge in [0.25, 0.3) is 0 Å². The molecule has 0 bridgehead atoms. The molecule has 0 unspecified atom stereocenters. The average molecular weight is 174 g/mol. The van der Waals surface area contributed by atoms with Crippen molar-refractivity contribution >= 4 is 0 Å². The van der Waals surface area contributed by atoms with Crippen LogP contribution in [0.5, 0.6) is 5.75 Å². The number of rotatable bonds is 3. The molecule has 4 heteroatoms. The molecule has 0 aliphatic rings. The van der Waals surface area contributed by atoms with Crippen molar-refractivity contribution in [3.63, 3.8) is 0 Å². The standard InChI is InChI=1S/C8H8F2O2/c1-11-5-12-8-3-6(9)2-7(10)4-8/h2-4H,5H2,1H3. The second kappa shape index (κ2) is 4.01. The van der Waals surface area contributed by atoms with Crippen LogP contribution < -0.4 is 4.74 Å². The summed E-state index contributed by atoms with van der Waals surface area (Å²) in [5.41, 5.74) is 0. The van der Waals surface area contributed by atoms with Gasteiger partial charge in [-0.3, -0.25) is 0 Å². The maximum Gasteiger partial charge on any atom is 0.188 e. The van der Waals surface area contributed by atoms with Gasteiger partial charge in [0.15, 0.2) is 6.79 Å². The Morgan fingerprint density at radius 3 is 2.25 bits per heavy atom. The Morgan fingerprint density at radius 1 is 1.17 bits per heavy atom. The van der Waals surface area contributed by atoms with E-state index in [1.54, 1.807) is 0 Å². The van der Waals surface area contributed by atoms with Crippen molar-refractivity contribution in [1.29, 1.82) is 0 Å². The third kappa shape index (κ3) is 2.47. The lowest BCUT2D eigenvalue weighted by Gasteiger charge is -2.03. The first kappa shape index (κ1) is 8.93. The molecule has 66 valence electrons. The van der Waals surface area contributed by atoms with Gasteiger partial charge in [0.2, 0.25) is 0 Å². The Hall–Kier alpha value is -1.16. The van der Waals surface area contributed by atoms with Crippen LogP contribution in [0.1, 0.15) is 0 Å². The molecule has 0 spiro atoms. The van der Waals surface area contributed by atoms with Gasteiger partial charge in [-0.2, -0.15) is 0 Å². The van der Waals surface area contributed by atoms with E-state index >= 15 is 0 Å². The monoisotopic (exact) mass is 174 g/mol. The molecular weight excluding hydrogens is 166 g/mol. The van der Waals surface area contributed by atoms with Gasteiger partial charge in [0.05, 0.1) is 0 Å². The molecule has 0 saturated carbocycles. The molecule has 2 nitrogen and oxygen atoms in total. The van der Waals surface area contributed by atoms with Gasteiger partial charge >= 0.3 is 0 Å². The highest BCUT2D eigenvalue weighted by Gasteiger charge is 2.00. The minimum Gasteiger partial charge on any atom is -0.467 e. The molecule has 1 aromatic carbocycles. The van der Waals surface area contributed by atoms with E-state index in [0.29, 0.717) is 0 Å². The molecule has 1 rings (SSSR count). The Balaban J connectivity index is 2.72. The Bertz CT molecular complexity index is 243. The van der Waals surface area contributed by atoms with Crippen molar-refractivity contribution in [2.24, 2.45) is 0 Å². The predicted octanol–water partition coefficient (Wildman–Crippen LogP) is 1.95. The van der Waals surface area contributed by atoms with Crippen LogP contribution in [0, 0.1) is 11.6 Å². The van der Waals surface area contributed by atoms with Gasteiger partial charge < -0.3 is 9.47 Å². The summed E-state index contributed by atoms with van der Waals surface area (Å²) in [6, 6.07) is 2.95. The molecule has 12 heavy (non-hydrogen) atoms. The number of methoxy groups -OCH3 is 1. The van der Waals surface area contributed by atoms with Gasteiger partial charge in [0, 0.05) is 25.3 Å². The van der Waals surface area contributed by atoms with E-state index in [2.05, 4.69) is 4.74 Å². The molecule has 1 aromatic rings. The quantitative estimate of drug-likeness (QED) is 0.652. The van der Waals surface area contributed by atoms with Crippen molar-refractivity contribution in [1.82, 2.24) is 0 Å². The fourth-order valence-corrected chi connectivity index (χ4v) is 0.739. The molecule has 0 radical (unpaired) electrons. The van der Waals surface area contributed by atoms with Crippen molar-refractivity contribution in [3.05, 3.63) is 29.8 Å². The Kier molecular flexibility index (Phi) is 2.99. The van der Waals surface area contributed by atoms with Gasteiger partial charge in [-0.1, -0.05) is 0 Å². The second-order valence-electron chi connectivity index (χ2n) is 2.16. The Labute approximate surface area is 68.7 Å². The van der Waals surface area contributed by atoms with Crippen LogP contribution in [-0.2, 0) is 4.74 Å².